The molecule has 0 bridgehead atoms. The van der Waals surface area contributed by atoms with E-state index >= 15 is 0 Å². The lowest BCUT2D eigenvalue weighted by Gasteiger charge is -1.83. The first-order valence-corrected chi connectivity index (χ1v) is 2.09. The molecule has 0 aliphatic carbocycles. The van der Waals surface area contributed by atoms with Crippen molar-refractivity contribution < 1.29 is 9.90 Å². The molecule has 8 heavy (non-hydrogen) atoms. The Bertz CT molecular complexity index is 171. The van der Waals surface area contributed by atoms with E-state index < -0.39 is 5.97 Å². The predicted octanol–water partition coefficient (Wildman–Crippen LogP) is 0.421. The van der Waals surface area contributed by atoms with Crippen LogP contribution >= 0.6 is 0 Å². The van der Waals surface area contributed by atoms with Gasteiger partial charge in [-0.1, -0.05) is 0 Å². The molecule has 0 atom stereocenters. The van der Waals surface area contributed by atoms with Crippen molar-refractivity contribution >= 4 is 5.97 Å². The van der Waals surface area contributed by atoms with Crippen molar-refractivity contribution in [2.45, 2.75) is 0 Å². The lowest BCUT2D eigenvalue weighted by atomic mass is 10.3. The molecule has 42 valence electrons. The standard InChI is InChI=1S/C4H4N2O2/c7-4(8)3-1-5-6-2-3/h1H,2H2,(H,7,8). The Morgan fingerprint density at radius 2 is 2.62 bits per heavy atom. The minimum Gasteiger partial charge on any atom is -0.478 e. The number of nitrogens with zero attached hydrogens (tertiary/aromatic N) is 2. The van der Waals surface area contributed by atoms with Gasteiger partial charge in [0.1, 0.15) is 0 Å². The number of carboxylic acid groups (broad SMARTS) is 1. The topological polar surface area (TPSA) is 62.0 Å². The zero-order valence-corrected chi connectivity index (χ0v) is 4.03. The Balaban J connectivity index is 2.64. The Hall–Kier alpha value is -1.19. The Morgan fingerprint density at radius 1 is 1.88 bits per heavy atom. The molecule has 0 saturated carbocycles. The van der Waals surface area contributed by atoms with Crippen LogP contribution < -0.4 is 0 Å². The largest absolute Gasteiger partial charge is 0.478 e. The molecule has 0 spiro atoms. The van der Waals surface area contributed by atoms with Gasteiger partial charge in [0.05, 0.1) is 18.3 Å². The monoisotopic (exact) mass is 112 g/mol. The SMILES string of the molecule is O=C(O)C1=CN=NC1. The first kappa shape index (κ1) is 4.96. The maximum absolute atomic E-state index is 10.0. The average Bonchev–Trinajstić information content (AvgIpc) is 2.12. The summed E-state index contributed by atoms with van der Waals surface area (Å²) in [6.07, 6.45) is 1.25. The van der Waals surface area contributed by atoms with Crippen LogP contribution in [0.5, 0.6) is 0 Å². The van der Waals surface area contributed by atoms with E-state index in [-0.39, 0.29) is 12.1 Å². The van der Waals surface area contributed by atoms with Crippen molar-refractivity contribution in [3.63, 3.8) is 0 Å². The van der Waals surface area contributed by atoms with E-state index in [0.29, 0.717) is 0 Å². The van der Waals surface area contributed by atoms with Gasteiger partial charge >= 0.3 is 5.97 Å². The third kappa shape index (κ3) is 0.726. The molecule has 4 heteroatoms. The summed E-state index contributed by atoms with van der Waals surface area (Å²) in [7, 11) is 0. The molecular weight excluding hydrogens is 108 g/mol. The number of carboxylic acids is 1. The Morgan fingerprint density at radius 3 is 2.88 bits per heavy atom. The second-order valence-electron chi connectivity index (χ2n) is 1.37. The minimum atomic E-state index is -0.935. The first-order valence-electron chi connectivity index (χ1n) is 2.09. The number of rotatable bonds is 1. The summed E-state index contributed by atoms with van der Waals surface area (Å²) in [5, 5.41) is 15.0. The normalized spacial score (nSPS) is 16.2. The van der Waals surface area contributed by atoms with E-state index in [0.717, 1.165) is 0 Å². The molecule has 0 unspecified atom stereocenters. The van der Waals surface area contributed by atoms with E-state index in [1.54, 1.807) is 0 Å². The number of azo groups is 1. The molecular formula is C4H4N2O2. The summed E-state index contributed by atoms with van der Waals surface area (Å²) in [6, 6.07) is 0. The maximum atomic E-state index is 10.0. The summed E-state index contributed by atoms with van der Waals surface area (Å²) < 4.78 is 0. The van der Waals surface area contributed by atoms with Crippen molar-refractivity contribution in [2.24, 2.45) is 10.2 Å². The van der Waals surface area contributed by atoms with Gasteiger partial charge in [-0.25, -0.2) is 4.79 Å². The Kier molecular flexibility index (Phi) is 1.07. The van der Waals surface area contributed by atoms with Crippen molar-refractivity contribution in [3.05, 3.63) is 11.8 Å². The van der Waals surface area contributed by atoms with Gasteiger partial charge in [-0.3, -0.25) is 0 Å². The highest BCUT2D eigenvalue weighted by Crippen LogP contribution is 2.03. The molecule has 0 aromatic rings. The van der Waals surface area contributed by atoms with Crippen molar-refractivity contribution in [2.75, 3.05) is 6.54 Å². The van der Waals surface area contributed by atoms with Gasteiger partial charge < -0.3 is 5.11 Å². The smallest absolute Gasteiger partial charge is 0.335 e. The lowest BCUT2D eigenvalue weighted by Crippen LogP contribution is -1.99. The van der Waals surface area contributed by atoms with E-state index in [4.69, 9.17) is 5.11 Å². The molecule has 0 aromatic carbocycles. The molecule has 0 fully saturated rings. The number of hydrogen-bond donors (Lipinski definition) is 1. The average molecular weight is 112 g/mol. The first-order chi connectivity index (χ1) is 3.80. The van der Waals surface area contributed by atoms with Gasteiger partial charge in [0.2, 0.25) is 0 Å². The highest BCUT2D eigenvalue weighted by Gasteiger charge is 2.08. The predicted molar refractivity (Wildman–Crippen MR) is 25.4 cm³/mol. The van der Waals surface area contributed by atoms with Crippen molar-refractivity contribution in [1.82, 2.24) is 0 Å². The summed E-state index contributed by atoms with van der Waals surface area (Å²) in [4.78, 5) is 10.0. The van der Waals surface area contributed by atoms with Gasteiger partial charge in [-0.2, -0.15) is 10.2 Å². The minimum absolute atomic E-state index is 0.218. The zero-order valence-electron chi connectivity index (χ0n) is 4.03. The maximum Gasteiger partial charge on any atom is 0.335 e. The van der Waals surface area contributed by atoms with E-state index in [1.807, 2.05) is 0 Å². The third-order valence-corrected chi connectivity index (χ3v) is 0.811. The van der Waals surface area contributed by atoms with Crippen LogP contribution in [0.25, 0.3) is 0 Å². The van der Waals surface area contributed by atoms with Crippen LogP contribution in [0.3, 0.4) is 0 Å². The van der Waals surface area contributed by atoms with Gasteiger partial charge in [0, 0.05) is 0 Å². The summed E-state index contributed by atoms with van der Waals surface area (Å²) in [5.41, 5.74) is 0.255. The van der Waals surface area contributed by atoms with Gasteiger partial charge in [0.25, 0.3) is 0 Å². The number of carbonyl (C=O) groups is 1. The molecule has 1 rings (SSSR count). The van der Waals surface area contributed by atoms with Crippen LogP contribution in [0.1, 0.15) is 0 Å². The van der Waals surface area contributed by atoms with Crippen LogP contribution in [0, 0.1) is 0 Å². The fourth-order valence-electron chi connectivity index (χ4n) is 0.391. The highest BCUT2D eigenvalue weighted by atomic mass is 16.4. The molecule has 1 aliphatic rings. The van der Waals surface area contributed by atoms with Gasteiger partial charge in [-0.05, 0) is 0 Å². The van der Waals surface area contributed by atoms with E-state index in [2.05, 4.69) is 10.2 Å². The fraction of sp³-hybridized carbons (Fsp3) is 0.250. The molecule has 0 saturated heterocycles. The molecule has 0 radical (unpaired) electrons. The number of hydrogen-bond acceptors (Lipinski definition) is 3. The molecule has 0 aromatic heterocycles. The lowest BCUT2D eigenvalue weighted by molar-refractivity contribution is -0.132. The quantitative estimate of drug-likeness (QED) is 0.534. The van der Waals surface area contributed by atoms with E-state index in [9.17, 15) is 4.79 Å². The molecule has 1 heterocycles. The Labute approximate surface area is 45.5 Å². The fourth-order valence-corrected chi connectivity index (χ4v) is 0.391. The zero-order chi connectivity index (χ0) is 5.98. The van der Waals surface area contributed by atoms with Gasteiger partial charge in [0.15, 0.2) is 0 Å². The van der Waals surface area contributed by atoms with Crippen LogP contribution in [0.2, 0.25) is 0 Å². The summed E-state index contributed by atoms with van der Waals surface area (Å²) in [5.74, 6) is -0.935. The molecule has 0 amide bonds. The van der Waals surface area contributed by atoms with Crippen LogP contribution in [0.4, 0.5) is 0 Å². The van der Waals surface area contributed by atoms with E-state index in [1.165, 1.54) is 6.20 Å². The van der Waals surface area contributed by atoms with Crippen molar-refractivity contribution in [1.29, 1.82) is 0 Å². The highest BCUT2D eigenvalue weighted by molar-refractivity contribution is 5.87. The molecule has 4 nitrogen and oxygen atoms in total. The van der Waals surface area contributed by atoms with Crippen molar-refractivity contribution in [3.8, 4) is 0 Å². The summed E-state index contributed by atoms with van der Waals surface area (Å²) in [6.45, 7) is 0.218. The van der Waals surface area contributed by atoms with Crippen LogP contribution in [-0.4, -0.2) is 17.6 Å². The molecule has 1 aliphatic heterocycles. The van der Waals surface area contributed by atoms with Crippen LogP contribution in [0.15, 0.2) is 22.0 Å². The number of aliphatic carboxylic acids is 1. The van der Waals surface area contributed by atoms with Crippen LogP contribution in [-0.2, 0) is 4.79 Å². The third-order valence-electron chi connectivity index (χ3n) is 0.811. The second-order valence-corrected chi connectivity index (χ2v) is 1.37. The second kappa shape index (κ2) is 1.73. The summed E-state index contributed by atoms with van der Waals surface area (Å²) >= 11 is 0. The van der Waals surface area contributed by atoms with Gasteiger partial charge in [-0.15, -0.1) is 0 Å². The molecule has 1 N–H and O–H groups in total.